The Bertz CT molecular complexity index is 765. The Hall–Kier alpha value is -2.48. The number of carbonyl (C=O) groups is 1. The molecule has 0 spiro atoms. The van der Waals surface area contributed by atoms with Crippen molar-refractivity contribution in [1.29, 1.82) is 0 Å². The van der Waals surface area contributed by atoms with Crippen LogP contribution in [0.4, 0.5) is 0 Å². The van der Waals surface area contributed by atoms with Crippen molar-refractivity contribution in [1.82, 2.24) is 25.5 Å². The van der Waals surface area contributed by atoms with Gasteiger partial charge in [-0.3, -0.25) is 4.79 Å². The summed E-state index contributed by atoms with van der Waals surface area (Å²) in [7, 11) is 0. The Morgan fingerprint density at radius 3 is 3.23 bits per heavy atom. The Morgan fingerprint density at radius 1 is 1.50 bits per heavy atom. The molecular formula is C14H13N5O2S. The minimum atomic E-state index is -0.0191. The molecule has 1 amide bonds. The van der Waals surface area contributed by atoms with Crippen LogP contribution in [0.1, 0.15) is 34.1 Å². The molecule has 0 aromatic carbocycles. The summed E-state index contributed by atoms with van der Waals surface area (Å²) in [4.78, 5) is 15.9. The standard InChI is InChI=1S/C14H13N5O2S/c20-14(9-7-11(21-8-9)13-15-17-18-16-13)19-5-1-3-10(19)12-4-2-6-22-12/h2,4,6-8,10H,1,3,5H2,(H,15,16,17,18). The van der Waals surface area contributed by atoms with E-state index in [1.807, 2.05) is 16.3 Å². The summed E-state index contributed by atoms with van der Waals surface area (Å²) in [5.74, 6) is 0.758. The zero-order chi connectivity index (χ0) is 14.9. The molecule has 112 valence electrons. The lowest BCUT2D eigenvalue weighted by Crippen LogP contribution is -2.29. The van der Waals surface area contributed by atoms with E-state index in [1.165, 1.54) is 11.1 Å². The van der Waals surface area contributed by atoms with Crippen LogP contribution in [0.25, 0.3) is 11.6 Å². The van der Waals surface area contributed by atoms with Gasteiger partial charge in [-0.2, -0.15) is 5.21 Å². The highest BCUT2D eigenvalue weighted by Gasteiger charge is 2.32. The third-order valence-electron chi connectivity index (χ3n) is 3.80. The summed E-state index contributed by atoms with van der Waals surface area (Å²) in [6.07, 6.45) is 3.48. The summed E-state index contributed by atoms with van der Waals surface area (Å²) >= 11 is 1.69. The molecule has 1 N–H and O–H groups in total. The molecule has 0 saturated carbocycles. The number of hydrogen-bond acceptors (Lipinski definition) is 6. The number of thiophene rings is 1. The molecule has 1 fully saturated rings. The van der Waals surface area contributed by atoms with E-state index in [4.69, 9.17) is 4.42 Å². The number of tetrazole rings is 1. The fraction of sp³-hybridized carbons (Fsp3) is 0.286. The van der Waals surface area contributed by atoms with Gasteiger partial charge >= 0.3 is 0 Å². The first-order valence-electron chi connectivity index (χ1n) is 6.99. The van der Waals surface area contributed by atoms with Crippen LogP contribution in [0.5, 0.6) is 0 Å². The van der Waals surface area contributed by atoms with Crippen LogP contribution in [-0.4, -0.2) is 38.0 Å². The molecule has 1 aliphatic heterocycles. The predicted octanol–water partition coefficient (Wildman–Crippen LogP) is 2.50. The number of H-pyrrole nitrogens is 1. The number of carbonyl (C=O) groups excluding carboxylic acids is 1. The maximum absolute atomic E-state index is 12.7. The highest BCUT2D eigenvalue weighted by atomic mass is 32.1. The van der Waals surface area contributed by atoms with E-state index in [-0.39, 0.29) is 11.9 Å². The maximum Gasteiger partial charge on any atom is 0.257 e. The normalized spacial score (nSPS) is 18.0. The Balaban J connectivity index is 1.59. The van der Waals surface area contributed by atoms with Crippen molar-refractivity contribution in [3.8, 4) is 11.6 Å². The molecule has 0 radical (unpaired) electrons. The first-order valence-corrected chi connectivity index (χ1v) is 7.87. The second-order valence-electron chi connectivity index (χ2n) is 5.11. The average molecular weight is 315 g/mol. The molecule has 1 saturated heterocycles. The molecule has 8 heteroatoms. The van der Waals surface area contributed by atoms with Crippen LogP contribution >= 0.6 is 11.3 Å². The Morgan fingerprint density at radius 2 is 2.45 bits per heavy atom. The van der Waals surface area contributed by atoms with Gasteiger partial charge in [0.25, 0.3) is 5.91 Å². The third-order valence-corrected chi connectivity index (χ3v) is 4.77. The van der Waals surface area contributed by atoms with Gasteiger partial charge in [-0.1, -0.05) is 6.07 Å². The highest BCUT2D eigenvalue weighted by molar-refractivity contribution is 7.10. The lowest BCUT2D eigenvalue weighted by molar-refractivity contribution is 0.0737. The Labute approximate surface area is 129 Å². The second-order valence-corrected chi connectivity index (χ2v) is 6.09. The summed E-state index contributed by atoms with van der Waals surface area (Å²) in [6.45, 7) is 0.768. The number of furan rings is 1. The van der Waals surface area contributed by atoms with Crippen LogP contribution < -0.4 is 0 Å². The number of likely N-dealkylation sites (tertiary alicyclic amines) is 1. The molecule has 22 heavy (non-hydrogen) atoms. The van der Waals surface area contributed by atoms with Gasteiger partial charge in [-0.15, -0.1) is 21.5 Å². The van der Waals surface area contributed by atoms with Gasteiger partial charge in [0, 0.05) is 17.5 Å². The quantitative estimate of drug-likeness (QED) is 0.802. The highest BCUT2D eigenvalue weighted by Crippen LogP contribution is 2.35. The Kier molecular flexibility index (Phi) is 3.23. The lowest BCUT2D eigenvalue weighted by atomic mass is 10.1. The summed E-state index contributed by atoms with van der Waals surface area (Å²) in [6, 6.07) is 5.93. The van der Waals surface area contributed by atoms with Crippen molar-refractivity contribution in [2.24, 2.45) is 0 Å². The van der Waals surface area contributed by atoms with Gasteiger partial charge < -0.3 is 9.32 Å². The first kappa shape index (κ1) is 13.2. The van der Waals surface area contributed by atoms with Crippen LogP contribution in [0.2, 0.25) is 0 Å². The molecule has 7 nitrogen and oxygen atoms in total. The largest absolute Gasteiger partial charge is 0.460 e. The van der Waals surface area contributed by atoms with Crippen molar-refractivity contribution < 1.29 is 9.21 Å². The third kappa shape index (κ3) is 2.21. The molecule has 0 bridgehead atoms. The van der Waals surface area contributed by atoms with E-state index < -0.39 is 0 Å². The number of nitrogens with one attached hydrogen (secondary N) is 1. The minimum absolute atomic E-state index is 0.0191. The van der Waals surface area contributed by atoms with Gasteiger partial charge in [0.1, 0.15) is 6.26 Å². The van der Waals surface area contributed by atoms with Gasteiger partial charge in [0.15, 0.2) is 5.76 Å². The van der Waals surface area contributed by atoms with Gasteiger partial charge in [-0.25, -0.2) is 0 Å². The lowest BCUT2D eigenvalue weighted by Gasteiger charge is -2.23. The fourth-order valence-corrected chi connectivity index (χ4v) is 3.66. The fourth-order valence-electron chi connectivity index (χ4n) is 2.78. The van der Waals surface area contributed by atoms with E-state index in [0.717, 1.165) is 19.4 Å². The number of rotatable bonds is 3. The maximum atomic E-state index is 12.7. The van der Waals surface area contributed by atoms with Crippen molar-refractivity contribution >= 4 is 17.2 Å². The number of aromatic nitrogens is 4. The molecular weight excluding hydrogens is 302 g/mol. The van der Waals surface area contributed by atoms with Crippen molar-refractivity contribution in [3.05, 3.63) is 40.3 Å². The van der Waals surface area contributed by atoms with Gasteiger partial charge in [0.2, 0.25) is 5.82 Å². The molecule has 4 heterocycles. The van der Waals surface area contributed by atoms with Crippen LogP contribution in [-0.2, 0) is 0 Å². The topological polar surface area (TPSA) is 87.9 Å². The molecule has 1 aliphatic rings. The zero-order valence-electron chi connectivity index (χ0n) is 11.6. The minimum Gasteiger partial charge on any atom is -0.460 e. The molecule has 1 atom stereocenters. The number of hydrogen-bond donors (Lipinski definition) is 1. The first-order chi connectivity index (χ1) is 10.8. The van der Waals surface area contributed by atoms with Gasteiger partial charge in [0.05, 0.1) is 11.6 Å². The zero-order valence-corrected chi connectivity index (χ0v) is 12.4. The SMILES string of the molecule is O=C(c1coc(-c2nn[nH]n2)c1)N1CCCC1c1cccs1. The molecule has 1 unspecified atom stereocenters. The summed E-state index contributed by atoms with van der Waals surface area (Å²) in [5, 5.41) is 15.6. The van der Waals surface area contributed by atoms with E-state index in [0.29, 0.717) is 17.1 Å². The van der Waals surface area contributed by atoms with Crippen LogP contribution in [0, 0.1) is 0 Å². The molecule has 0 aliphatic carbocycles. The van der Waals surface area contributed by atoms with E-state index in [1.54, 1.807) is 17.4 Å². The van der Waals surface area contributed by atoms with Crippen LogP contribution in [0.3, 0.4) is 0 Å². The van der Waals surface area contributed by atoms with E-state index in [9.17, 15) is 4.79 Å². The van der Waals surface area contributed by atoms with Crippen molar-refractivity contribution in [2.75, 3.05) is 6.54 Å². The number of aromatic amines is 1. The number of amides is 1. The molecule has 3 aromatic rings. The second kappa shape index (κ2) is 5.38. The van der Waals surface area contributed by atoms with E-state index in [2.05, 4.69) is 26.7 Å². The predicted molar refractivity (Wildman–Crippen MR) is 79.2 cm³/mol. The molecule has 4 rings (SSSR count). The average Bonchev–Trinajstić information content (AvgIpc) is 3.35. The van der Waals surface area contributed by atoms with Gasteiger partial charge in [-0.05, 0) is 29.5 Å². The molecule has 3 aromatic heterocycles. The van der Waals surface area contributed by atoms with Crippen molar-refractivity contribution in [2.45, 2.75) is 18.9 Å². The van der Waals surface area contributed by atoms with Crippen molar-refractivity contribution in [3.63, 3.8) is 0 Å². The summed E-state index contributed by atoms with van der Waals surface area (Å²) in [5.41, 5.74) is 0.517. The van der Waals surface area contributed by atoms with Crippen LogP contribution in [0.15, 0.2) is 34.3 Å². The smallest absolute Gasteiger partial charge is 0.257 e. The summed E-state index contributed by atoms with van der Waals surface area (Å²) < 4.78 is 5.39. The van der Waals surface area contributed by atoms with E-state index >= 15 is 0 Å². The number of nitrogens with zero attached hydrogens (tertiary/aromatic N) is 4. The monoisotopic (exact) mass is 315 g/mol.